The van der Waals surface area contributed by atoms with Crippen LogP contribution in [0.4, 0.5) is 0 Å². The number of carbonyl (C=O) groups excluding carboxylic acids is 1. The molecule has 1 heterocycles. The molecule has 4 aromatic carbocycles. The maximum absolute atomic E-state index is 13.1. The molecule has 0 aromatic heterocycles. The van der Waals surface area contributed by atoms with Crippen LogP contribution in [-0.2, 0) is 10.0 Å². The monoisotopic (exact) mass is 430 g/mol. The van der Waals surface area contributed by atoms with Crippen molar-refractivity contribution in [2.45, 2.75) is 4.90 Å². The fourth-order valence-electron chi connectivity index (χ4n) is 4.11. The Morgan fingerprint density at radius 3 is 1.84 bits per heavy atom. The molecule has 156 valence electrons. The molecule has 5 nitrogen and oxygen atoms in total. The molecule has 0 unspecified atom stereocenters. The van der Waals surface area contributed by atoms with Gasteiger partial charge in [0.15, 0.2) is 0 Å². The van der Waals surface area contributed by atoms with Gasteiger partial charge in [-0.1, -0.05) is 60.7 Å². The normalized spacial score (nSPS) is 15.4. The van der Waals surface area contributed by atoms with Crippen LogP contribution >= 0.6 is 0 Å². The van der Waals surface area contributed by atoms with Gasteiger partial charge in [0, 0.05) is 31.7 Å². The van der Waals surface area contributed by atoms with Gasteiger partial charge in [-0.05, 0) is 45.8 Å². The number of carbonyl (C=O) groups is 1. The van der Waals surface area contributed by atoms with Gasteiger partial charge in [0.1, 0.15) is 0 Å². The van der Waals surface area contributed by atoms with Crippen molar-refractivity contribution >= 4 is 37.5 Å². The van der Waals surface area contributed by atoms with Crippen molar-refractivity contribution in [1.29, 1.82) is 0 Å². The lowest BCUT2D eigenvalue weighted by molar-refractivity contribution is 0.0698. The van der Waals surface area contributed by atoms with E-state index in [-0.39, 0.29) is 19.0 Å². The highest BCUT2D eigenvalue weighted by molar-refractivity contribution is 7.89. The molecule has 0 aliphatic carbocycles. The number of rotatable bonds is 3. The van der Waals surface area contributed by atoms with E-state index in [0.717, 1.165) is 21.5 Å². The van der Waals surface area contributed by atoms with Crippen molar-refractivity contribution in [3.05, 3.63) is 90.5 Å². The average molecular weight is 431 g/mol. The minimum Gasteiger partial charge on any atom is -0.336 e. The van der Waals surface area contributed by atoms with Crippen molar-refractivity contribution in [3.63, 3.8) is 0 Å². The second kappa shape index (κ2) is 7.80. The molecule has 1 fully saturated rings. The highest BCUT2D eigenvalue weighted by Crippen LogP contribution is 2.23. The second-order valence-electron chi connectivity index (χ2n) is 7.77. The summed E-state index contributed by atoms with van der Waals surface area (Å²) < 4.78 is 27.8. The Morgan fingerprint density at radius 1 is 0.645 bits per heavy atom. The Kier molecular flexibility index (Phi) is 4.96. The quantitative estimate of drug-likeness (QED) is 0.491. The molecule has 0 spiro atoms. The van der Waals surface area contributed by atoms with Crippen LogP contribution in [-0.4, -0.2) is 49.7 Å². The summed E-state index contributed by atoms with van der Waals surface area (Å²) >= 11 is 0. The maximum atomic E-state index is 13.1. The van der Waals surface area contributed by atoms with Gasteiger partial charge >= 0.3 is 0 Å². The summed E-state index contributed by atoms with van der Waals surface area (Å²) in [5.41, 5.74) is 0.629. The van der Waals surface area contributed by atoms with Crippen molar-refractivity contribution in [2.24, 2.45) is 0 Å². The van der Waals surface area contributed by atoms with E-state index >= 15 is 0 Å². The molecule has 4 aromatic rings. The van der Waals surface area contributed by atoms with E-state index in [4.69, 9.17) is 0 Å². The van der Waals surface area contributed by atoms with E-state index in [0.29, 0.717) is 23.5 Å². The van der Waals surface area contributed by atoms with E-state index < -0.39 is 10.0 Å². The zero-order valence-corrected chi connectivity index (χ0v) is 17.8. The molecule has 0 saturated carbocycles. The predicted octanol–water partition coefficient (Wildman–Crippen LogP) is 4.14. The summed E-state index contributed by atoms with van der Waals surface area (Å²) in [7, 11) is -3.60. The van der Waals surface area contributed by atoms with Crippen LogP contribution in [0.15, 0.2) is 89.8 Å². The smallest absolute Gasteiger partial charge is 0.253 e. The maximum Gasteiger partial charge on any atom is 0.253 e. The molecular weight excluding hydrogens is 408 g/mol. The molecular formula is C25H22N2O3S. The molecule has 0 bridgehead atoms. The van der Waals surface area contributed by atoms with Gasteiger partial charge in [-0.15, -0.1) is 0 Å². The van der Waals surface area contributed by atoms with Gasteiger partial charge in [-0.25, -0.2) is 8.42 Å². The number of hydrogen-bond donors (Lipinski definition) is 0. The standard InChI is InChI=1S/C25H22N2O3S/c28-25(23-10-9-19-5-1-3-7-21(19)17-23)26-13-15-27(16-14-26)31(29,30)24-12-11-20-6-2-4-8-22(20)18-24/h1-12,17-18H,13-16H2. The Morgan fingerprint density at radius 2 is 1.19 bits per heavy atom. The van der Waals surface area contributed by atoms with Crippen LogP contribution in [0.2, 0.25) is 0 Å². The fraction of sp³-hybridized carbons (Fsp3) is 0.160. The van der Waals surface area contributed by atoms with Crippen LogP contribution < -0.4 is 0 Å². The van der Waals surface area contributed by atoms with E-state index in [1.807, 2.05) is 72.8 Å². The summed E-state index contributed by atoms with van der Waals surface area (Å²) in [6, 6.07) is 26.5. The molecule has 1 aliphatic heterocycles. The molecule has 1 aliphatic rings. The van der Waals surface area contributed by atoms with E-state index in [9.17, 15) is 13.2 Å². The number of piperazine rings is 1. The topological polar surface area (TPSA) is 57.7 Å². The van der Waals surface area contributed by atoms with Crippen LogP contribution in [0.25, 0.3) is 21.5 Å². The molecule has 0 radical (unpaired) electrons. The number of hydrogen-bond acceptors (Lipinski definition) is 3. The predicted molar refractivity (Wildman–Crippen MR) is 123 cm³/mol. The molecule has 0 atom stereocenters. The Bertz CT molecular complexity index is 1390. The molecule has 1 amide bonds. The SMILES string of the molecule is O=C(c1ccc2ccccc2c1)N1CCN(S(=O)(=O)c2ccc3ccccc3c2)CC1. The first-order chi connectivity index (χ1) is 15.0. The van der Waals surface area contributed by atoms with Crippen molar-refractivity contribution in [1.82, 2.24) is 9.21 Å². The summed E-state index contributed by atoms with van der Waals surface area (Å²) in [6.45, 7) is 1.32. The molecule has 5 rings (SSSR count). The first kappa shape index (κ1) is 19.7. The number of amides is 1. The minimum absolute atomic E-state index is 0.0616. The summed E-state index contributed by atoms with van der Waals surface area (Å²) in [6.07, 6.45) is 0. The van der Waals surface area contributed by atoms with Gasteiger partial charge in [0.25, 0.3) is 5.91 Å². The lowest BCUT2D eigenvalue weighted by Crippen LogP contribution is -2.50. The number of fused-ring (bicyclic) bond motifs is 2. The molecule has 0 N–H and O–H groups in total. The average Bonchev–Trinajstić information content (AvgIpc) is 2.83. The van der Waals surface area contributed by atoms with Gasteiger partial charge in [-0.2, -0.15) is 4.31 Å². The molecule has 31 heavy (non-hydrogen) atoms. The highest BCUT2D eigenvalue weighted by Gasteiger charge is 2.30. The largest absolute Gasteiger partial charge is 0.336 e. The van der Waals surface area contributed by atoms with Crippen molar-refractivity contribution in [3.8, 4) is 0 Å². The first-order valence-electron chi connectivity index (χ1n) is 10.3. The summed E-state index contributed by atoms with van der Waals surface area (Å²) in [4.78, 5) is 15.0. The second-order valence-corrected chi connectivity index (χ2v) is 9.71. The van der Waals surface area contributed by atoms with Gasteiger partial charge in [0.05, 0.1) is 4.90 Å². The third kappa shape index (κ3) is 3.69. The van der Waals surface area contributed by atoms with E-state index in [1.165, 1.54) is 4.31 Å². The van der Waals surface area contributed by atoms with Crippen molar-refractivity contribution < 1.29 is 13.2 Å². The Balaban J connectivity index is 1.32. The highest BCUT2D eigenvalue weighted by atomic mass is 32.2. The zero-order chi connectivity index (χ0) is 21.4. The van der Waals surface area contributed by atoms with Crippen LogP contribution in [0.3, 0.4) is 0 Å². The van der Waals surface area contributed by atoms with Crippen LogP contribution in [0.5, 0.6) is 0 Å². The summed E-state index contributed by atoms with van der Waals surface area (Å²) in [5, 5.41) is 4.01. The van der Waals surface area contributed by atoms with Gasteiger partial charge < -0.3 is 4.90 Å². The Hall–Kier alpha value is -3.22. The van der Waals surface area contributed by atoms with Crippen molar-refractivity contribution in [2.75, 3.05) is 26.2 Å². The third-order valence-corrected chi connectivity index (χ3v) is 7.78. The Labute approximate surface area is 181 Å². The minimum atomic E-state index is -3.60. The number of sulfonamides is 1. The van der Waals surface area contributed by atoms with Crippen LogP contribution in [0.1, 0.15) is 10.4 Å². The fourth-order valence-corrected chi connectivity index (χ4v) is 5.57. The number of nitrogens with zero attached hydrogens (tertiary/aromatic N) is 2. The van der Waals surface area contributed by atoms with E-state index in [1.54, 1.807) is 17.0 Å². The zero-order valence-electron chi connectivity index (χ0n) is 16.9. The van der Waals surface area contributed by atoms with Gasteiger partial charge in [-0.3, -0.25) is 4.79 Å². The third-order valence-electron chi connectivity index (χ3n) is 5.88. The summed E-state index contributed by atoms with van der Waals surface area (Å²) in [5.74, 6) is -0.0616. The molecule has 6 heteroatoms. The van der Waals surface area contributed by atoms with E-state index in [2.05, 4.69) is 0 Å². The lowest BCUT2D eigenvalue weighted by atomic mass is 10.1. The lowest BCUT2D eigenvalue weighted by Gasteiger charge is -2.34. The van der Waals surface area contributed by atoms with Crippen LogP contribution in [0, 0.1) is 0 Å². The van der Waals surface area contributed by atoms with Gasteiger partial charge in [0.2, 0.25) is 10.0 Å². The first-order valence-corrected chi connectivity index (χ1v) is 11.7. The molecule has 1 saturated heterocycles. The number of benzene rings is 4.